The first-order valence-electron chi connectivity index (χ1n) is 7.17. The molecule has 1 amide bonds. The second kappa shape index (κ2) is 7.65. The summed E-state index contributed by atoms with van der Waals surface area (Å²) in [6.45, 7) is 8.62. The molecule has 0 saturated carbocycles. The van der Waals surface area contributed by atoms with Crippen LogP contribution in [0.4, 0.5) is 0 Å². The number of hydrogen-bond acceptors (Lipinski definition) is 2. The fraction of sp³-hybridized carbons (Fsp3) is 0.562. The van der Waals surface area contributed by atoms with Gasteiger partial charge in [-0.05, 0) is 37.5 Å². The van der Waals surface area contributed by atoms with Gasteiger partial charge in [0.1, 0.15) is 0 Å². The minimum atomic E-state index is -0.443. The van der Waals surface area contributed by atoms with Crippen LogP contribution in [0.3, 0.4) is 0 Å². The van der Waals surface area contributed by atoms with Gasteiger partial charge in [0.05, 0.1) is 6.04 Å². The maximum absolute atomic E-state index is 12.5. The number of benzene rings is 1. The van der Waals surface area contributed by atoms with Gasteiger partial charge in [-0.25, -0.2) is 0 Å². The summed E-state index contributed by atoms with van der Waals surface area (Å²) in [4.78, 5) is 14.4. The molecular weight excluding hydrogens is 272 g/mol. The normalized spacial score (nSPS) is 14.2. The lowest BCUT2D eigenvalue weighted by molar-refractivity contribution is -0.136. The number of nitrogens with two attached hydrogens (primary N) is 1. The molecule has 0 aliphatic heterocycles. The van der Waals surface area contributed by atoms with Gasteiger partial charge in [0.2, 0.25) is 5.91 Å². The number of rotatable bonds is 6. The van der Waals surface area contributed by atoms with Gasteiger partial charge in [0, 0.05) is 17.6 Å². The zero-order valence-corrected chi connectivity index (χ0v) is 13.5. The SMILES string of the molecule is CCC(C)[C@H](N)C(=O)N(Cc1cccc(Cl)c1)C(C)C. The fourth-order valence-electron chi connectivity index (χ4n) is 2.04. The Hall–Kier alpha value is -1.06. The Morgan fingerprint density at radius 3 is 2.50 bits per heavy atom. The van der Waals surface area contributed by atoms with Crippen molar-refractivity contribution in [2.75, 3.05) is 0 Å². The fourth-order valence-corrected chi connectivity index (χ4v) is 2.25. The number of amides is 1. The average Bonchev–Trinajstić information content (AvgIpc) is 2.42. The summed E-state index contributed by atoms with van der Waals surface area (Å²) in [5, 5.41) is 0.685. The molecule has 0 aliphatic carbocycles. The lowest BCUT2D eigenvalue weighted by Gasteiger charge is -2.31. The van der Waals surface area contributed by atoms with E-state index in [1.165, 1.54) is 0 Å². The summed E-state index contributed by atoms with van der Waals surface area (Å²) in [6.07, 6.45) is 0.899. The largest absolute Gasteiger partial charge is 0.335 e. The zero-order valence-electron chi connectivity index (χ0n) is 12.8. The van der Waals surface area contributed by atoms with Crippen LogP contribution in [0.15, 0.2) is 24.3 Å². The lowest BCUT2D eigenvalue weighted by Crippen LogP contribution is -2.49. The van der Waals surface area contributed by atoms with Crippen LogP contribution in [0.2, 0.25) is 5.02 Å². The maximum Gasteiger partial charge on any atom is 0.240 e. The first-order valence-corrected chi connectivity index (χ1v) is 7.55. The van der Waals surface area contributed by atoms with E-state index < -0.39 is 6.04 Å². The molecule has 1 aromatic rings. The molecule has 2 N–H and O–H groups in total. The number of halogens is 1. The Bertz CT molecular complexity index is 448. The highest BCUT2D eigenvalue weighted by atomic mass is 35.5. The van der Waals surface area contributed by atoms with Gasteiger partial charge in [0.25, 0.3) is 0 Å². The molecule has 0 heterocycles. The summed E-state index contributed by atoms with van der Waals surface area (Å²) >= 11 is 5.99. The molecule has 0 saturated heterocycles. The predicted molar refractivity (Wildman–Crippen MR) is 84.6 cm³/mol. The standard InChI is InChI=1S/C16H25ClN2O/c1-5-12(4)15(18)16(20)19(11(2)3)10-13-7-6-8-14(17)9-13/h6-9,11-12,15H,5,10,18H2,1-4H3/t12?,15-/m0/s1. The molecule has 0 fully saturated rings. The van der Waals surface area contributed by atoms with Gasteiger partial charge in [-0.1, -0.05) is 44.0 Å². The highest BCUT2D eigenvalue weighted by Gasteiger charge is 2.26. The molecule has 0 aromatic heterocycles. The molecule has 1 rings (SSSR count). The first-order chi connectivity index (χ1) is 9.36. The van der Waals surface area contributed by atoms with Crippen LogP contribution >= 0.6 is 11.6 Å². The van der Waals surface area contributed by atoms with Crippen molar-refractivity contribution in [3.63, 3.8) is 0 Å². The van der Waals surface area contributed by atoms with Crippen molar-refractivity contribution in [2.45, 2.75) is 52.7 Å². The molecule has 2 atom stereocenters. The summed E-state index contributed by atoms with van der Waals surface area (Å²) in [5.74, 6) is 0.192. The number of nitrogens with zero attached hydrogens (tertiary/aromatic N) is 1. The van der Waals surface area contributed by atoms with Crippen LogP contribution in [-0.4, -0.2) is 22.9 Å². The van der Waals surface area contributed by atoms with Crippen LogP contribution in [0.1, 0.15) is 39.7 Å². The number of carbonyl (C=O) groups excluding carboxylic acids is 1. The molecule has 0 radical (unpaired) electrons. The van der Waals surface area contributed by atoms with Crippen molar-refractivity contribution >= 4 is 17.5 Å². The van der Waals surface area contributed by atoms with Crippen LogP contribution in [0, 0.1) is 5.92 Å². The predicted octanol–water partition coefficient (Wildman–Crippen LogP) is 3.45. The van der Waals surface area contributed by atoms with Crippen LogP contribution < -0.4 is 5.73 Å². The molecule has 3 nitrogen and oxygen atoms in total. The van der Waals surface area contributed by atoms with Gasteiger partial charge in [-0.3, -0.25) is 4.79 Å². The Kier molecular flexibility index (Phi) is 6.50. The Balaban J connectivity index is 2.87. The number of hydrogen-bond donors (Lipinski definition) is 1. The van der Waals surface area contributed by atoms with Crippen molar-refractivity contribution in [1.29, 1.82) is 0 Å². The lowest BCUT2D eigenvalue weighted by atomic mass is 9.98. The molecular formula is C16H25ClN2O. The Morgan fingerprint density at radius 2 is 2.00 bits per heavy atom. The second-order valence-corrected chi connectivity index (χ2v) is 6.04. The third-order valence-electron chi connectivity index (χ3n) is 3.69. The zero-order chi connectivity index (χ0) is 15.3. The Labute approximate surface area is 127 Å². The molecule has 4 heteroatoms. The monoisotopic (exact) mass is 296 g/mol. The molecule has 0 aliphatic rings. The van der Waals surface area contributed by atoms with Gasteiger partial charge >= 0.3 is 0 Å². The smallest absolute Gasteiger partial charge is 0.240 e. The van der Waals surface area contributed by atoms with E-state index in [9.17, 15) is 4.79 Å². The van der Waals surface area contributed by atoms with Crippen molar-refractivity contribution in [2.24, 2.45) is 11.7 Å². The highest BCUT2D eigenvalue weighted by molar-refractivity contribution is 6.30. The second-order valence-electron chi connectivity index (χ2n) is 5.60. The van der Waals surface area contributed by atoms with Crippen LogP contribution in [0.25, 0.3) is 0 Å². The molecule has 1 unspecified atom stereocenters. The van der Waals surface area contributed by atoms with Crippen LogP contribution in [0.5, 0.6) is 0 Å². The minimum Gasteiger partial charge on any atom is -0.335 e. The van der Waals surface area contributed by atoms with Crippen molar-refractivity contribution in [3.05, 3.63) is 34.9 Å². The van der Waals surface area contributed by atoms with E-state index in [0.717, 1.165) is 12.0 Å². The van der Waals surface area contributed by atoms with Crippen LogP contribution in [-0.2, 0) is 11.3 Å². The van der Waals surface area contributed by atoms with Gasteiger partial charge in [-0.15, -0.1) is 0 Å². The number of carbonyl (C=O) groups is 1. The first kappa shape index (κ1) is 17.0. The van der Waals surface area contributed by atoms with E-state index in [1.54, 1.807) is 0 Å². The average molecular weight is 297 g/mol. The van der Waals surface area contributed by atoms with Gasteiger partial charge in [0.15, 0.2) is 0 Å². The quantitative estimate of drug-likeness (QED) is 0.874. The summed E-state index contributed by atoms with van der Waals surface area (Å²) in [5.41, 5.74) is 7.10. The van der Waals surface area contributed by atoms with Crippen molar-refractivity contribution < 1.29 is 4.79 Å². The third-order valence-corrected chi connectivity index (χ3v) is 3.93. The molecule has 1 aromatic carbocycles. The third kappa shape index (κ3) is 4.50. The van der Waals surface area contributed by atoms with E-state index in [1.807, 2.05) is 49.9 Å². The molecule has 0 bridgehead atoms. The van der Waals surface area contributed by atoms with E-state index >= 15 is 0 Å². The molecule has 20 heavy (non-hydrogen) atoms. The van der Waals surface area contributed by atoms with E-state index in [2.05, 4.69) is 6.92 Å². The highest BCUT2D eigenvalue weighted by Crippen LogP contribution is 2.17. The van der Waals surface area contributed by atoms with Crippen molar-refractivity contribution in [3.8, 4) is 0 Å². The maximum atomic E-state index is 12.5. The minimum absolute atomic E-state index is 0.00863. The van der Waals surface area contributed by atoms with E-state index in [0.29, 0.717) is 11.6 Å². The summed E-state index contributed by atoms with van der Waals surface area (Å²) in [6, 6.07) is 7.26. The van der Waals surface area contributed by atoms with E-state index in [4.69, 9.17) is 17.3 Å². The van der Waals surface area contributed by atoms with E-state index in [-0.39, 0.29) is 17.9 Å². The Morgan fingerprint density at radius 1 is 1.35 bits per heavy atom. The van der Waals surface area contributed by atoms with Crippen molar-refractivity contribution in [1.82, 2.24) is 4.90 Å². The topological polar surface area (TPSA) is 46.3 Å². The molecule has 0 spiro atoms. The summed E-state index contributed by atoms with van der Waals surface area (Å²) in [7, 11) is 0. The van der Waals surface area contributed by atoms with Gasteiger partial charge in [-0.2, -0.15) is 0 Å². The summed E-state index contributed by atoms with van der Waals surface area (Å²) < 4.78 is 0. The van der Waals surface area contributed by atoms with Gasteiger partial charge < -0.3 is 10.6 Å². The molecule has 112 valence electrons.